The highest BCUT2D eigenvalue weighted by atomic mass is 15.1. The Kier molecular flexibility index (Phi) is 2.35. The van der Waals surface area contributed by atoms with Crippen LogP contribution in [0.4, 0.5) is 0 Å². The monoisotopic (exact) mass is 233 g/mol. The molecule has 0 radical (unpaired) electrons. The Morgan fingerprint density at radius 3 is 2.72 bits per heavy atom. The minimum absolute atomic E-state index is 0.604. The number of nitrogens with zero attached hydrogens (tertiary/aromatic N) is 3. The van der Waals surface area contributed by atoms with Crippen LogP contribution in [0.3, 0.4) is 0 Å². The highest BCUT2D eigenvalue weighted by molar-refractivity contribution is 5.83. The number of rotatable bonds is 1. The fourth-order valence-electron chi connectivity index (χ4n) is 2.08. The topological polar surface area (TPSA) is 41.6 Å². The molecule has 2 heterocycles. The van der Waals surface area contributed by atoms with E-state index in [0.717, 1.165) is 22.3 Å². The van der Waals surface area contributed by atoms with Gasteiger partial charge in [0.25, 0.3) is 0 Å². The first-order valence-corrected chi connectivity index (χ1v) is 5.73. The third-order valence-electron chi connectivity index (χ3n) is 2.95. The average molecular weight is 233 g/mol. The van der Waals surface area contributed by atoms with Gasteiger partial charge in [0.15, 0.2) is 0 Å². The number of hydrogen-bond acceptors (Lipinski definition) is 2. The standard InChI is InChI=1S/C15H11N3/c1-11-6-7-15(17-10-11)18-13(9-16)8-12-4-2-3-5-14(12)18/h2-8,10H,1H3. The van der Waals surface area contributed by atoms with E-state index in [1.807, 2.05) is 60.2 Å². The van der Waals surface area contributed by atoms with Gasteiger partial charge in [0.05, 0.1) is 5.52 Å². The minimum Gasteiger partial charge on any atom is -0.285 e. The lowest BCUT2D eigenvalue weighted by Crippen LogP contribution is -1.99. The zero-order chi connectivity index (χ0) is 12.5. The molecule has 0 aliphatic rings. The number of hydrogen-bond donors (Lipinski definition) is 0. The second-order valence-electron chi connectivity index (χ2n) is 4.23. The van der Waals surface area contributed by atoms with E-state index in [1.165, 1.54) is 0 Å². The molecule has 0 atom stereocenters. The number of benzene rings is 1. The van der Waals surface area contributed by atoms with Crippen molar-refractivity contribution in [3.8, 4) is 11.9 Å². The van der Waals surface area contributed by atoms with Crippen LogP contribution in [0.2, 0.25) is 0 Å². The molecule has 0 saturated heterocycles. The molecular formula is C15H11N3. The van der Waals surface area contributed by atoms with Crippen LogP contribution < -0.4 is 0 Å². The summed E-state index contributed by atoms with van der Waals surface area (Å²) in [6, 6.07) is 16.0. The highest BCUT2D eigenvalue weighted by Gasteiger charge is 2.10. The molecule has 0 amide bonds. The third-order valence-corrected chi connectivity index (χ3v) is 2.95. The smallest absolute Gasteiger partial charge is 0.138 e. The highest BCUT2D eigenvalue weighted by Crippen LogP contribution is 2.22. The van der Waals surface area contributed by atoms with Crippen LogP contribution >= 0.6 is 0 Å². The second kappa shape index (κ2) is 4.01. The van der Waals surface area contributed by atoms with Gasteiger partial charge >= 0.3 is 0 Å². The van der Waals surface area contributed by atoms with Crippen LogP contribution in [0.5, 0.6) is 0 Å². The van der Waals surface area contributed by atoms with E-state index in [1.54, 1.807) is 0 Å². The van der Waals surface area contributed by atoms with Gasteiger partial charge in [0.2, 0.25) is 0 Å². The largest absolute Gasteiger partial charge is 0.285 e. The summed E-state index contributed by atoms with van der Waals surface area (Å²) in [5, 5.41) is 10.3. The summed E-state index contributed by atoms with van der Waals surface area (Å²) in [6.45, 7) is 2.00. The van der Waals surface area contributed by atoms with Crippen molar-refractivity contribution in [1.82, 2.24) is 9.55 Å². The summed E-state index contributed by atoms with van der Waals surface area (Å²) < 4.78 is 1.88. The Balaban J connectivity index is 2.33. The molecule has 3 rings (SSSR count). The van der Waals surface area contributed by atoms with Crippen molar-refractivity contribution in [3.05, 3.63) is 59.9 Å². The van der Waals surface area contributed by atoms with Gasteiger partial charge in [-0.05, 0) is 30.7 Å². The van der Waals surface area contributed by atoms with E-state index in [4.69, 9.17) is 0 Å². The van der Waals surface area contributed by atoms with Gasteiger partial charge in [-0.2, -0.15) is 5.26 Å². The van der Waals surface area contributed by atoms with Crippen molar-refractivity contribution in [2.45, 2.75) is 6.92 Å². The van der Waals surface area contributed by atoms with Crippen molar-refractivity contribution in [1.29, 1.82) is 5.26 Å². The number of aryl methyl sites for hydroxylation is 1. The Hall–Kier alpha value is -2.60. The Bertz CT molecular complexity index is 745. The Labute approximate surface area is 105 Å². The lowest BCUT2D eigenvalue weighted by Gasteiger charge is -2.06. The molecule has 18 heavy (non-hydrogen) atoms. The fraction of sp³-hybridized carbons (Fsp3) is 0.0667. The lowest BCUT2D eigenvalue weighted by atomic mass is 10.2. The van der Waals surface area contributed by atoms with E-state index in [2.05, 4.69) is 11.1 Å². The lowest BCUT2D eigenvalue weighted by molar-refractivity contribution is 1.02. The van der Waals surface area contributed by atoms with Gasteiger partial charge in [-0.3, -0.25) is 4.57 Å². The first kappa shape index (κ1) is 10.5. The summed E-state index contributed by atoms with van der Waals surface area (Å²) in [5.41, 5.74) is 2.71. The zero-order valence-corrected chi connectivity index (χ0v) is 9.96. The first-order valence-electron chi connectivity index (χ1n) is 5.73. The van der Waals surface area contributed by atoms with Crippen LogP contribution in [-0.4, -0.2) is 9.55 Å². The maximum Gasteiger partial charge on any atom is 0.138 e. The Morgan fingerprint density at radius 2 is 2.00 bits per heavy atom. The van der Waals surface area contributed by atoms with Crippen molar-refractivity contribution in [2.75, 3.05) is 0 Å². The maximum absolute atomic E-state index is 9.24. The normalized spacial score (nSPS) is 10.4. The van der Waals surface area contributed by atoms with Gasteiger partial charge in [-0.25, -0.2) is 4.98 Å². The van der Waals surface area contributed by atoms with Crippen molar-refractivity contribution >= 4 is 10.9 Å². The second-order valence-corrected chi connectivity index (χ2v) is 4.23. The maximum atomic E-state index is 9.24. The van der Waals surface area contributed by atoms with Crippen molar-refractivity contribution in [2.24, 2.45) is 0 Å². The van der Waals surface area contributed by atoms with Crippen molar-refractivity contribution in [3.63, 3.8) is 0 Å². The van der Waals surface area contributed by atoms with Crippen LogP contribution in [0, 0.1) is 18.3 Å². The molecule has 2 aromatic heterocycles. The van der Waals surface area contributed by atoms with Gasteiger partial charge in [0.1, 0.15) is 17.6 Å². The molecule has 86 valence electrons. The van der Waals surface area contributed by atoms with Gasteiger partial charge in [-0.15, -0.1) is 0 Å². The molecule has 3 aromatic rings. The summed E-state index contributed by atoms with van der Waals surface area (Å²) in [6.07, 6.45) is 1.81. The molecule has 0 aliphatic heterocycles. The molecule has 3 nitrogen and oxygen atoms in total. The summed E-state index contributed by atoms with van der Waals surface area (Å²) in [7, 11) is 0. The first-order chi connectivity index (χ1) is 8.79. The van der Waals surface area contributed by atoms with E-state index in [9.17, 15) is 5.26 Å². The molecule has 0 spiro atoms. The number of nitriles is 1. The quantitative estimate of drug-likeness (QED) is 0.647. The predicted octanol–water partition coefficient (Wildman–Crippen LogP) is 3.21. The van der Waals surface area contributed by atoms with E-state index < -0.39 is 0 Å². The van der Waals surface area contributed by atoms with E-state index in [-0.39, 0.29) is 0 Å². The molecule has 0 aliphatic carbocycles. The average Bonchev–Trinajstić information content (AvgIpc) is 2.78. The van der Waals surface area contributed by atoms with E-state index in [0.29, 0.717) is 5.69 Å². The molecular weight excluding hydrogens is 222 g/mol. The van der Waals surface area contributed by atoms with Gasteiger partial charge in [0, 0.05) is 11.6 Å². The summed E-state index contributed by atoms with van der Waals surface area (Å²) >= 11 is 0. The number of aromatic nitrogens is 2. The Morgan fingerprint density at radius 1 is 1.17 bits per heavy atom. The molecule has 0 saturated carbocycles. The SMILES string of the molecule is Cc1ccc(-n2c(C#N)cc3ccccc32)nc1. The van der Waals surface area contributed by atoms with Gasteiger partial charge < -0.3 is 0 Å². The minimum atomic E-state index is 0.604. The van der Waals surface area contributed by atoms with Crippen LogP contribution in [0.1, 0.15) is 11.3 Å². The van der Waals surface area contributed by atoms with Crippen LogP contribution in [-0.2, 0) is 0 Å². The van der Waals surface area contributed by atoms with Crippen molar-refractivity contribution < 1.29 is 0 Å². The predicted molar refractivity (Wildman–Crippen MR) is 70.5 cm³/mol. The molecule has 0 bridgehead atoms. The van der Waals surface area contributed by atoms with E-state index >= 15 is 0 Å². The molecule has 1 aromatic carbocycles. The summed E-state index contributed by atoms with van der Waals surface area (Å²) in [5.74, 6) is 0.776. The van der Waals surface area contributed by atoms with Crippen LogP contribution in [0.15, 0.2) is 48.7 Å². The molecule has 0 N–H and O–H groups in total. The molecule has 0 fully saturated rings. The number of pyridine rings is 1. The number of fused-ring (bicyclic) bond motifs is 1. The zero-order valence-electron chi connectivity index (χ0n) is 9.96. The molecule has 0 unspecified atom stereocenters. The third kappa shape index (κ3) is 1.56. The fourth-order valence-corrected chi connectivity index (χ4v) is 2.08. The van der Waals surface area contributed by atoms with Gasteiger partial charge in [-0.1, -0.05) is 24.3 Å². The van der Waals surface area contributed by atoms with Crippen LogP contribution in [0.25, 0.3) is 16.7 Å². The molecule has 3 heteroatoms. The number of para-hydroxylation sites is 1. The summed E-state index contributed by atoms with van der Waals surface area (Å²) in [4.78, 5) is 4.39.